The third-order valence-electron chi connectivity index (χ3n) is 5.52. The zero-order valence-corrected chi connectivity index (χ0v) is 17.2. The van der Waals surface area contributed by atoms with Crippen molar-refractivity contribution in [2.45, 2.75) is 19.3 Å². The zero-order chi connectivity index (χ0) is 21.1. The van der Waals surface area contributed by atoms with Crippen molar-refractivity contribution in [2.24, 2.45) is 0 Å². The number of rotatable bonds is 5. The van der Waals surface area contributed by atoms with Crippen molar-refractivity contribution in [2.75, 3.05) is 20.7 Å². The number of methoxy groups -OCH3 is 1. The van der Waals surface area contributed by atoms with Crippen molar-refractivity contribution in [1.29, 1.82) is 5.26 Å². The molecule has 0 radical (unpaired) electrons. The van der Waals surface area contributed by atoms with Crippen LogP contribution in [0.5, 0.6) is 5.75 Å². The summed E-state index contributed by atoms with van der Waals surface area (Å²) >= 11 is 0. The molecule has 0 unspecified atom stereocenters. The van der Waals surface area contributed by atoms with Crippen molar-refractivity contribution in [1.82, 2.24) is 9.88 Å². The summed E-state index contributed by atoms with van der Waals surface area (Å²) in [4.78, 5) is 19.9. The van der Waals surface area contributed by atoms with Crippen LogP contribution in [0.25, 0.3) is 22.6 Å². The molecule has 0 fully saturated rings. The molecular weight excluding hydrogens is 374 g/mol. The van der Waals surface area contributed by atoms with E-state index in [9.17, 15) is 4.79 Å². The SMILES string of the molecule is COc1ccc(/C=C2/CCc3c2nc2ccccc2c3C(=O)N(C)CCC#N)cc1. The van der Waals surface area contributed by atoms with Crippen LogP contribution < -0.4 is 4.74 Å². The predicted molar refractivity (Wildman–Crippen MR) is 118 cm³/mol. The molecule has 1 aliphatic carbocycles. The highest BCUT2D eigenvalue weighted by atomic mass is 16.5. The number of pyridine rings is 1. The van der Waals surface area contributed by atoms with Crippen LogP contribution >= 0.6 is 0 Å². The average molecular weight is 397 g/mol. The van der Waals surface area contributed by atoms with E-state index >= 15 is 0 Å². The number of nitrogens with zero attached hydrogens (tertiary/aromatic N) is 3. The number of allylic oxidation sites excluding steroid dienone is 1. The minimum absolute atomic E-state index is 0.0502. The summed E-state index contributed by atoms with van der Waals surface area (Å²) in [5.74, 6) is 0.771. The molecule has 5 nitrogen and oxygen atoms in total. The van der Waals surface area contributed by atoms with Crippen molar-refractivity contribution in [3.63, 3.8) is 0 Å². The molecule has 0 bridgehead atoms. The number of ether oxygens (including phenoxy) is 1. The Balaban J connectivity index is 1.81. The third-order valence-corrected chi connectivity index (χ3v) is 5.52. The number of nitriles is 1. The predicted octanol–water partition coefficient (Wildman–Crippen LogP) is 4.72. The highest BCUT2D eigenvalue weighted by Gasteiger charge is 2.28. The monoisotopic (exact) mass is 397 g/mol. The Morgan fingerprint density at radius 2 is 1.97 bits per heavy atom. The van der Waals surface area contributed by atoms with Crippen LogP contribution in [-0.2, 0) is 6.42 Å². The number of carbonyl (C=O) groups is 1. The van der Waals surface area contributed by atoms with Crippen molar-refractivity contribution < 1.29 is 9.53 Å². The van der Waals surface area contributed by atoms with Gasteiger partial charge < -0.3 is 9.64 Å². The maximum absolute atomic E-state index is 13.3. The molecule has 0 atom stereocenters. The second kappa shape index (κ2) is 8.38. The first-order valence-corrected chi connectivity index (χ1v) is 10.0. The van der Waals surface area contributed by atoms with E-state index in [0.717, 1.165) is 51.9 Å². The molecule has 150 valence electrons. The summed E-state index contributed by atoms with van der Waals surface area (Å²) in [7, 11) is 3.41. The van der Waals surface area contributed by atoms with E-state index in [1.165, 1.54) is 0 Å². The number of aromatic nitrogens is 1. The largest absolute Gasteiger partial charge is 0.497 e. The molecule has 5 heteroatoms. The molecule has 4 rings (SSSR count). The summed E-state index contributed by atoms with van der Waals surface area (Å²) in [6.45, 7) is 0.412. The Morgan fingerprint density at radius 1 is 1.20 bits per heavy atom. The van der Waals surface area contributed by atoms with Crippen molar-refractivity contribution in [3.05, 3.63) is 70.9 Å². The van der Waals surface area contributed by atoms with Gasteiger partial charge in [0.2, 0.25) is 0 Å². The van der Waals surface area contributed by atoms with Crippen LogP contribution in [0.1, 0.15) is 40.0 Å². The molecule has 30 heavy (non-hydrogen) atoms. The molecule has 0 saturated carbocycles. The summed E-state index contributed by atoms with van der Waals surface area (Å²) in [6.07, 6.45) is 4.08. The average Bonchev–Trinajstić information content (AvgIpc) is 3.17. The lowest BCUT2D eigenvalue weighted by atomic mass is 9.99. The smallest absolute Gasteiger partial charge is 0.254 e. The Hall–Kier alpha value is -3.65. The molecule has 0 aliphatic heterocycles. The van der Waals surface area contributed by atoms with Crippen LogP contribution in [0.4, 0.5) is 0 Å². The van der Waals surface area contributed by atoms with Gasteiger partial charge in [-0.25, -0.2) is 4.98 Å². The van der Waals surface area contributed by atoms with Gasteiger partial charge in [-0.3, -0.25) is 4.79 Å². The van der Waals surface area contributed by atoms with Crippen molar-refractivity contribution >= 4 is 28.5 Å². The maximum Gasteiger partial charge on any atom is 0.254 e. The standard InChI is InChI=1S/C25H23N3O2/c1-28(15-5-14-26)25(29)23-20-6-3-4-7-22(20)27-24-18(10-13-21(23)24)16-17-8-11-19(30-2)12-9-17/h3-4,6-9,11-12,16H,5,10,13,15H2,1-2H3/b18-16-. The molecule has 1 amide bonds. The maximum atomic E-state index is 13.3. The zero-order valence-electron chi connectivity index (χ0n) is 17.2. The highest BCUT2D eigenvalue weighted by molar-refractivity contribution is 6.09. The first-order valence-electron chi connectivity index (χ1n) is 10.0. The van der Waals surface area contributed by atoms with Gasteiger partial charge in [0.15, 0.2) is 0 Å². The Morgan fingerprint density at radius 3 is 2.70 bits per heavy atom. The van der Waals surface area contributed by atoms with E-state index in [4.69, 9.17) is 15.0 Å². The molecule has 1 aromatic heterocycles. The Kier molecular flexibility index (Phi) is 5.49. The fourth-order valence-corrected chi connectivity index (χ4v) is 3.93. The van der Waals surface area contributed by atoms with E-state index in [2.05, 4.69) is 12.1 Å². The normalized spacial score (nSPS) is 13.8. The quantitative estimate of drug-likeness (QED) is 0.625. The van der Waals surface area contributed by atoms with Gasteiger partial charge in [0.1, 0.15) is 5.75 Å². The lowest BCUT2D eigenvalue weighted by Crippen LogP contribution is -2.28. The first-order chi connectivity index (χ1) is 14.6. The summed E-state index contributed by atoms with van der Waals surface area (Å²) in [5, 5.41) is 9.76. The number of hydrogen-bond acceptors (Lipinski definition) is 4. The number of benzene rings is 2. The van der Waals surface area contributed by atoms with Gasteiger partial charge in [-0.1, -0.05) is 30.3 Å². The molecule has 0 N–H and O–H groups in total. The van der Waals surface area contributed by atoms with Gasteiger partial charge >= 0.3 is 0 Å². The van der Waals surface area contributed by atoms with Gasteiger partial charge in [-0.2, -0.15) is 5.26 Å². The third kappa shape index (κ3) is 3.65. The summed E-state index contributed by atoms with van der Waals surface area (Å²) < 4.78 is 5.24. The Labute approximate surface area is 176 Å². The molecule has 3 aromatic rings. The fourth-order valence-electron chi connectivity index (χ4n) is 3.93. The van der Waals surface area contributed by atoms with Gasteiger partial charge in [0.25, 0.3) is 5.91 Å². The van der Waals surface area contributed by atoms with Gasteiger partial charge in [0, 0.05) is 19.0 Å². The van der Waals surface area contributed by atoms with Gasteiger partial charge in [-0.05, 0) is 53.8 Å². The van der Waals surface area contributed by atoms with E-state index in [-0.39, 0.29) is 5.91 Å². The van der Waals surface area contributed by atoms with Gasteiger partial charge in [-0.15, -0.1) is 0 Å². The van der Waals surface area contributed by atoms with Crippen LogP contribution in [0.15, 0.2) is 48.5 Å². The number of carbonyl (C=O) groups excluding carboxylic acids is 1. The van der Waals surface area contributed by atoms with Crippen molar-refractivity contribution in [3.8, 4) is 11.8 Å². The first kappa shape index (κ1) is 19.7. The highest BCUT2D eigenvalue weighted by Crippen LogP contribution is 2.38. The number of hydrogen-bond donors (Lipinski definition) is 0. The lowest BCUT2D eigenvalue weighted by Gasteiger charge is -2.19. The van der Waals surface area contributed by atoms with E-state index in [1.807, 2.05) is 48.5 Å². The molecule has 2 aromatic carbocycles. The van der Waals surface area contributed by atoms with Crippen LogP contribution in [-0.4, -0.2) is 36.5 Å². The lowest BCUT2D eigenvalue weighted by molar-refractivity contribution is 0.0799. The molecule has 0 spiro atoms. The molecule has 1 aliphatic rings. The summed E-state index contributed by atoms with van der Waals surface area (Å²) in [6, 6.07) is 17.8. The minimum Gasteiger partial charge on any atom is -0.497 e. The van der Waals surface area contributed by atoms with Crippen LogP contribution in [0.2, 0.25) is 0 Å². The number of amides is 1. The molecule has 1 heterocycles. The number of para-hydroxylation sites is 1. The second-order valence-electron chi connectivity index (χ2n) is 7.41. The van der Waals surface area contributed by atoms with Crippen LogP contribution in [0.3, 0.4) is 0 Å². The number of fused-ring (bicyclic) bond motifs is 2. The molecular formula is C25H23N3O2. The fraction of sp³-hybridized carbons (Fsp3) is 0.240. The molecule has 0 saturated heterocycles. The van der Waals surface area contributed by atoms with E-state index in [1.54, 1.807) is 19.1 Å². The van der Waals surface area contributed by atoms with E-state index < -0.39 is 0 Å². The van der Waals surface area contributed by atoms with Gasteiger partial charge in [0.05, 0.1) is 36.4 Å². The second-order valence-corrected chi connectivity index (χ2v) is 7.41. The summed E-state index contributed by atoms with van der Waals surface area (Å²) in [5.41, 5.74) is 5.65. The topological polar surface area (TPSA) is 66.2 Å². The van der Waals surface area contributed by atoms with Crippen LogP contribution in [0, 0.1) is 11.3 Å². The Bertz CT molecular complexity index is 1170. The van der Waals surface area contributed by atoms with E-state index in [0.29, 0.717) is 18.5 Å². The minimum atomic E-state index is -0.0502.